The fourth-order valence-corrected chi connectivity index (χ4v) is 4.38. The average Bonchev–Trinajstić information content (AvgIpc) is 2.81. The molecule has 2 atom stereocenters. The third-order valence-electron chi connectivity index (χ3n) is 5.13. The molecule has 0 radical (unpaired) electrons. The molecule has 0 aromatic heterocycles. The summed E-state index contributed by atoms with van der Waals surface area (Å²) < 4.78 is 0. The zero-order valence-electron chi connectivity index (χ0n) is 11.5. The number of hydrogen-bond donors (Lipinski definition) is 0. The van der Waals surface area contributed by atoms with Gasteiger partial charge in [0.25, 0.3) is 0 Å². The van der Waals surface area contributed by atoms with Crippen molar-refractivity contribution in [3.8, 4) is 0 Å². The van der Waals surface area contributed by atoms with Crippen molar-refractivity contribution in [2.24, 2.45) is 5.92 Å². The van der Waals surface area contributed by atoms with Gasteiger partial charge in [0, 0.05) is 18.5 Å². The minimum absolute atomic E-state index is 0.322. The van der Waals surface area contributed by atoms with E-state index in [1.165, 1.54) is 44.3 Å². The molecule has 2 aliphatic rings. The molecule has 1 nitrogen and oxygen atoms in total. The Labute approximate surface area is 125 Å². The molecule has 1 saturated heterocycles. The molecular formula is C16H21Cl2N. The summed E-state index contributed by atoms with van der Waals surface area (Å²) in [7, 11) is 0. The molecule has 3 rings (SSSR count). The van der Waals surface area contributed by atoms with E-state index in [1.807, 2.05) is 6.07 Å². The molecular weight excluding hydrogens is 277 g/mol. The third-order valence-corrected chi connectivity index (χ3v) is 5.87. The van der Waals surface area contributed by atoms with Crippen LogP contribution >= 0.6 is 23.2 Å². The van der Waals surface area contributed by atoms with Crippen molar-refractivity contribution in [1.29, 1.82) is 0 Å². The van der Waals surface area contributed by atoms with Crippen molar-refractivity contribution >= 4 is 23.2 Å². The second-order valence-electron chi connectivity index (χ2n) is 6.06. The van der Waals surface area contributed by atoms with Crippen molar-refractivity contribution in [2.45, 2.75) is 38.0 Å². The van der Waals surface area contributed by atoms with Crippen LogP contribution < -0.4 is 0 Å². The Hall–Kier alpha value is -0.240. The molecule has 1 aromatic rings. The number of rotatable bonds is 2. The quantitative estimate of drug-likeness (QED) is 0.761. The van der Waals surface area contributed by atoms with Gasteiger partial charge in [0.05, 0.1) is 10.0 Å². The van der Waals surface area contributed by atoms with Gasteiger partial charge in [-0.15, -0.1) is 0 Å². The van der Waals surface area contributed by atoms with Gasteiger partial charge in [-0.05, 0) is 43.0 Å². The monoisotopic (exact) mass is 297 g/mol. The fourth-order valence-electron chi connectivity index (χ4n) is 4.08. The van der Waals surface area contributed by atoms with Crippen molar-refractivity contribution in [2.75, 3.05) is 19.6 Å². The minimum atomic E-state index is 0.322. The highest BCUT2D eigenvalue weighted by atomic mass is 35.5. The van der Waals surface area contributed by atoms with Gasteiger partial charge in [0.2, 0.25) is 0 Å². The lowest BCUT2D eigenvalue weighted by Gasteiger charge is -2.39. The van der Waals surface area contributed by atoms with E-state index in [0.717, 1.165) is 12.5 Å². The van der Waals surface area contributed by atoms with Crippen LogP contribution in [0.4, 0.5) is 0 Å². The Morgan fingerprint density at radius 3 is 2.84 bits per heavy atom. The largest absolute Gasteiger partial charge is 0.302 e. The van der Waals surface area contributed by atoms with Crippen LogP contribution in [0.15, 0.2) is 18.2 Å². The Morgan fingerprint density at radius 2 is 2.11 bits per heavy atom. The van der Waals surface area contributed by atoms with Gasteiger partial charge < -0.3 is 4.90 Å². The number of hydrogen-bond acceptors (Lipinski definition) is 1. The summed E-state index contributed by atoms with van der Waals surface area (Å²) >= 11 is 12.3. The lowest BCUT2D eigenvalue weighted by Crippen LogP contribution is -2.38. The molecule has 1 aliphatic carbocycles. The normalized spacial score (nSPS) is 31.4. The average molecular weight is 298 g/mol. The number of likely N-dealkylation sites (tertiary alicyclic amines) is 1. The molecule has 1 unspecified atom stereocenters. The number of halogens is 2. The van der Waals surface area contributed by atoms with E-state index in [9.17, 15) is 0 Å². The molecule has 1 saturated carbocycles. The second-order valence-corrected chi connectivity index (χ2v) is 6.87. The lowest BCUT2D eigenvalue weighted by molar-refractivity contribution is 0.241. The van der Waals surface area contributed by atoms with Crippen LogP contribution in [0.3, 0.4) is 0 Å². The standard InChI is InChI=1S/C16H21Cl2N/c1-2-19-10-13-5-3-4-8-16(13,11-19)12-6-7-14(17)15(18)9-12/h6-7,9,13H,2-5,8,10-11H2,1H3/t13?,16-/m0/s1. The van der Waals surface area contributed by atoms with E-state index in [2.05, 4.69) is 24.0 Å². The second kappa shape index (κ2) is 5.27. The van der Waals surface area contributed by atoms with Crippen LogP contribution in [0.25, 0.3) is 0 Å². The van der Waals surface area contributed by atoms with Gasteiger partial charge in [-0.25, -0.2) is 0 Å². The summed E-state index contributed by atoms with van der Waals surface area (Å²) in [6.07, 6.45) is 5.38. The van der Waals surface area contributed by atoms with Gasteiger partial charge in [0.15, 0.2) is 0 Å². The molecule has 0 amide bonds. The van der Waals surface area contributed by atoms with Crippen molar-refractivity contribution in [1.82, 2.24) is 4.90 Å². The maximum absolute atomic E-state index is 6.24. The topological polar surface area (TPSA) is 3.24 Å². The maximum Gasteiger partial charge on any atom is 0.0595 e. The van der Waals surface area contributed by atoms with Gasteiger partial charge in [-0.3, -0.25) is 0 Å². The zero-order chi connectivity index (χ0) is 13.5. The minimum Gasteiger partial charge on any atom is -0.302 e. The molecule has 1 aromatic carbocycles. The zero-order valence-corrected chi connectivity index (χ0v) is 13.0. The fraction of sp³-hybridized carbons (Fsp3) is 0.625. The number of likely N-dealkylation sites (N-methyl/N-ethyl adjacent to an activating group) is 1. The SMILES string of the molecule is CCN1CC2CCCC[C@@]2(c2ccc(Cl)c(Cl)c2)C1. The Bertz CT molecular complexity index is 474. The van der Waals surface area contributed by atoms with Crippen molar-refractivity contribution in [3.63, 3.8) is 0 Å². The molecule has 104 valence electrons. The Kier molecular flexibility index (Phi) is 3.81. The molecule has 1 aliphatic heterocycles. The first kappa shape index (κ1) is 13.7. The van der Waals surface area contributed by atoms with Crippen molar-refractivity contribution < 1.29 is 0 Å². The molecule has 3 heteroatoms. The highest BCUT2D eigenvalue weighted by Gasteiger charge is 2.48. The van der Waals surface area contributed by atoms with E-state index < -0.39 is 0 Å². The molecule has 2 fully saturated rings. The predicted octanol–water partition coefficient (Wildman–Crippen LogP) is 4.76. The Balaban J connectivity index is 2.00. The summed E-state index contributed by atoms with van der Waals surface area (Å²) in [4.78, 5) is 2.60. The van der Waals surface area contributed by atoms with Gasteiger partial charge in [-0.1, -0.05) is 49.0 Å². The number of benzene rings is 1. The van der Waals surface area contributed by atoms with E-state index in [1.54, 1.807) is 0 Å². The van der Waals surface area contributed by atoms with Crippen LogP contribution in [0, 0.1) is 5.92 Å². The number of fused-ring (bicyclic) bond motifs is 1. The van der Waals surface area contributed by atoms with Crippen LogP contribution in [-0.4, -0.2) is 24.5 Å². The van der Waals surface area contributed by atoms with Crippen LogP contribution in [-0.2, 0) is 5.41 Å². The smallest absolute Gasteiger partial charge is 0.0595 e. The third kappa shape index (κ3) is 2.30. The first-order valence-corrected chi connectivity index (χ1v) is 8.09. The summed E-state index contributed by atoms with van der Waals surface area (Å²) in [6, 6.07) is 6.28. The van der Waals surface area contributed by atoms with Gasteiger partial charge >= 0.3 is 0 Å². The van der Waals surface area contributed by atoms with Gasteiger partial charge in [-0.2, -0.15) is 0 Å². The first-order chi connectivity index (χ1) is 9.15. The highest BCUT2D eigenvalue weighted by Crippen LogP contribution is 2.49. The highest BCUT2D eigenvalue weighted by molar-refractivity contribution is 6.42. The van der Waals surface area contributed by atoms with Crippen LogP contribution in [0.1, 0.15) is 38.2 Å². The van der Waals surface area contributed by atoms with Crippen molar-refractivity contribution in [3.05, 3.63) is 33.8 Å². The summed E-state index contributed by atoms with van der Waals surface area (Å²) in [5.41, 5.74) is 1.73. The summed E-state index contributed by atoms with van der Waals surface area (Å²) in [5.74, 6) is 0.790. The van der Waals surface area contributed by atoms with E-state index in [0.29, 0.717) is 15.5 Å². The van der Waals surface area contributed by atoms with Crippen LogP contribution in [0.2, 0.25) is 10.0 Å². The maximum atomic E-state index is 6.24. The van der Waals surface area contributed by atoms with E-state index in [-0.39, 0.29) is 0 Å². The van der Waals surface area contributed by atoms with E-state index >= 15 is 0 Å². The molecule has 0 spiro atoms. The Morgan fingerprint density at radius 1 is 1.26 bits per heavy atom. The van der Waals surface area contributed by atoms with E-state index in [4.69, 9.17) is 23.2 Å². The molecule has 1 heterocycles. The van der Waals surface area contributed by atoms with Gasteiger partial charge in [0.1, 0.15) is 0 Å². The molecule has 19 heavy (non-hydrogen) atoms. The summed E-state index contributed by atoms with van der Waals surface area (Å²) in [6.45, 7) is 5.85. The summed E-state index contributed by atoms with van der Waals surface area (Å²) in [5, 5.41) is 1.37. The molecule has 0 N–H and O–H groups in total. The number of nitrogens with zero attached hydrogens (tertiary/aromatic N) is 1. The first-order valence-electron chi connectivity index (χ1n) is 7.33. The predicted molar refractivity (Wildman–Crippen MR) is 82.2 cm³/mol. The van der Waals surface area contributed by atoms with Crippen LogP contribution in [0.5, 0.6) is 0 Å². The lowest BCUT2D eigenvalue weighted by atomic mass is 9.64. The molecule has 0 bridgehead atoms.